The third-order valence-corrected chi connectivity index (χ3v) is 3.94. The maximum absolute atomic E-state index is 6.09. The van der Waals surface area contributed by atoms with Crippen LogP contribution in [-0.4, -0.2) is 44.8 Å². The SMILES string of the molecule is COc1cc(N)c(NC(C)CN2CCCCC2)cc1OC. The molecule has 0 aliphatic carbocycles. The van der Waals surface area contributed by atoms with E-state index in [0.29, 0.717) is 23.2 Å². The van der Waals surface area contributed by atoms with Crippen molar-refractivity contribution in [2.45, 2.75) is 32.2 Å². The van der Waals surface area contributed by atoms with Crippen molar-refractivity contribution in [1.82, 2.24) is 4.90 Å². The van der Waals surface area contributed by atoms with Crippen LogP contribution < -0.4 is 20.5 Å². The molecular weight excluding hydrogens is 266 g/mol. The Kier molecular flexibility index (Phi) is 5.56. The van der Waals surface area contributed by atoms with Crippen molar-refractivity contribution in [3.63, 3.8) is 0 Å². The Balaban J connectivity index is 2.00. The second-order valence-electron chi connectivity index (χ2n) is 5.70. The van der Waals surface area contributed by atoms with Gasteiger partial charge in [0.15, 0.2) is 11.5 Å². The van der Waals surface area contributed by atoms with E-state index in [-0.39, 0.29) is 0 Å². The Morgan fingerprint density at radius 2 is 1.76 bits per heavy atom. The van der Waals surface area contributed by atoms with Gasteiger partial charge < -0.3 is 25.4 Å². The quantitative estimate of drug-likeness (QED) is 0.789. The number of anilines is 2. The van der Waals surface area contributed by atoms with E-state index in [9.17, 15) is 0 Å². The van der Waals surface area contributed by atoms with E-state index in [1.807, 2.05) is 6.07 Å². The molecule has 1 aliphatic rings. The summed E-state index contributed by atoms with van der Waals surface area (Å²) in [5.74, 6) is 1.35. The first kappa shape index (κ1) is 15.8. The van der Waals surface area contributed by atoms with E-state index >= 15 is 0 Å². The second kappa shape index (κ2) is 7.41. The molecule has 0 saturated carbocycles. The monoisotopic (exact) mass is 293 g/mol. The van der Waals surface area contributed by atoms with Crippen molar-refractivity contribution in [3.05, 3.63) is 12.1 Å². The molecule has 118 valence electrons. The van der Waals surface area contributed by atoms with Crippen LogP contribution in [0.1, 0.15) is 26.2 Å². The molecule has 1 atom stereocenters. The molecule has 1 aromatic rings. The Bertz CT molecular complexity index is 459. The molecule has 3 N–H and O–H groups in total. The van der Waals surface area contributed by atoms with Crippen LogP contribution >= 0.6 is 0 Å². The summed E-state index contributed by atoms with van der Waals surface area (Å²) in [7, 11) is 3.25. The van der Waals surface area contributed by atoms with Gasteiger partial charge in [-0.05, 0) is 32.9 Å². The lowest BCUT2D eigenvalue weighted by molar-refractivity contribution is 0.223. The fourth-order valence-electron chi connectivity index (χ4n) is 2.86. The summed E-state index contributed by atoms with van der Waals surface area (Å²) >= 11 is 0. The highest BCUT2D eigenvalue weighted by molar-refractivity contribution is 5.72. The minimum Gasteiger partial charge on any atom is -0.493 e. The predicted octanol–water partition coefficient (Wildman–Crippen LogP) is 2.57. The van der Waals surface area contributed by atoms with Gasteiger partial charge in [0.1, 0.15) is 0 Å². The number of benzene rings is 1. The number of nitrogens with one attached hydrogen (secondary N) is 1. The van der Waals surface area contributed by atoms with Gasteiger partial charge in [-0.25, -0.2) is 0 Å². The topological polar surface area (TPSA) is 59.8 Å². The van der Waals surface area contributed by atoms with Crippen LogP contribution in [0.3, 0.4) is 0 Å². The molecule has 1 aromatic carbocycles. The summed E-state index contributed by atoms with van der Waals surface area (Å²) in [5.41, 5.74) is 7.67. The minimum atomic E-state index is 0.337. The van der Waals surface area contributed by atoms with Gasteiger partial charge in [0, 0.05) is 24.7 Å². The van der Waals surface area contributed by atoms with E-state index in [4.69, 9.17) is 15.2 Å². The zero-order valence-corrected chi connectivity index (χ0v) is 13.3. The van der Waals surface area contributed by atoms with Gasteiger partial charge in [-0.3, -0.25) is 0 Å². The van der Waals surface area contributed by atoms with Crippen LogP contribution in [0.5, 0.6) is 11.5 Å². The fraction of sp³-hybridized carbons (Fsp3) is 0.625. The molecule has 0 bridgehead atoms. The van der Waals surface area contributed by atoms with Crippen LogP contribution in [0.25, 0.3) is 0 Å². The molecule has 0 amide bonds. The van der Waals surface area contributed by atoms with Crippen LogP contribution in [-0.2, 0) is 0 Å². The highest BCUT2D eigenvalue weighted by atomic mass is 16.5. The first-order chi connectivity index (χ1) is 10.1. The lowest BCUT2D eigenvalue weighted by atomic mass is 10.1. The molecule has 0 spiro atoms. The molecule has 1 fully saturated rings. The Morgan fingerprint density at radius 3 is 2.38 bits per heavy atom. The molecule has 0 radical (unpaired) electrons. The number of hydrogen-bond donors (Lipinski definition) is 2. The molecule has 1 unspecified atom stereocenters. The zero-order chi connectivity index (χ0) is 15.2. The molecule has 5 heteroatoms. The second-order valence-corrected chi connectivity index (χ2v) is 5.70. The molecule has 1 heterocycles. The van der Waals surface area contributed by atoms with Gasteiger partial charge in [0.2, 0.25) is 0 Å². The van der Waals surface area contributed by atoms with Crippen LogP contribution in [0, 0.1) is 0 Å². The Hall–Kier alpha value is -1.62. The van der Waals surface area contributed by atoms with Crippen molar-refractivity contribution in [2.24, 2.45) is 0 Å². The molecule has 2 rings (SSSR count). The van der Waals surface area contributed by atoms with Crippen molar-refractivity contribution >= 4 is 11.4 Å². The summed E-state index contributed by atoms with van der Waals surface area (Å²) in [5, 5.41) is 3.48. The normalized spacial score (nSPS) is 17.3. The van der Waals surface area contributed by atoms with Gasteiger partial charge in [-0.1, -0.05) is 6.42 Å². The number of nitrogen functional groups attached to an aromatic ring is 1. The number of nitrogens with zero attached hydrogens (tertiary/aromatic N) is 1. The standard InChI is InChI=1S/C16H27N3O2/c1-12(11-19-7-5-4-6-8-19)18-14-10-16(21-3)15(20-2)9-13(14)17/h9-10,12,18H,4-8,11,17H2,1-3H3. The first-order valence-electron chi connectivity index (χ1n) is 7.64. The number of methoxy groups -OCH3 is 2. The van der Waals surface area contributed by atoms with E-state index in [1.165, 1.54) is 32.4 Å². The van der Waals surface area contributed by atoms with Gasteiger partial charge >= 0.3 is 0 Å². The lowest BCUT2D eigenvalue weighted by Gasteiger charge is -2.30. The number of rotatable bonds is 6. The Labute approximate surface area is 127 Å². The predicted molar refractivity (Wildman–Crippen MR) is 87.3 cm³/mol. The average Bonchev–Trinajstić information content (AvgIpc) is 2.49. The smallest absolute Gasteiger partial charge is 0.162 e. The van der Waals surface area contributed by atoms with E-state index in [0.717, 1.165) is 12.2 Å². The van der Waals surface area contributed by atoms with Crippen LogP contribution in [0.4, 0.5) is 11.4 Å². The number of piperidine rings is 1. The number of ether oxygens (including phenoxy) is 2. The van der Waals surface area contributed by atoms with Crippen LogP contribution in [0.2, 0.25) is 0 Å². The van der Waals surface area contributed by atoms with Gasteiger partial charge in [0.05, 0.1) is 25.6 Å². The average molecular weight is 293 g/mol. The highest BCUT2D eigenvalue weighted by Crippen LogP contribution is 2.35. The molecule has 5 nitrogen and oxygen atoms in total. The summed E-state index contributed by atoms with van der Waals surface area (Å²) < 4.78 is 10.6. The maximum atomic E-state index is 6.09. The molecular formula is C16H27N3O2. The fourth-order valence-corrected chi connectivity index (χ4v) is 2.86. The van der Waals surface area contributed by atoms with Crippen molar-refractivity contribution in [3.8, 4) is 11.5 Å². The van der Waals surface area contributed by atoms with Crippen molar-refractivity contribution < 1.29 is 9.47 Å². The summed E-state index contributed by atoms with van der Waals surface area (Å²) in [6.45, 7) is 5.62. The summed E-state index contributed by atoms with van der Waals surface area (Å²) in [4.78, 5) is 2.51. The molecule has 0 aromatic heterocycles. The number of likely N-dealkylation sites (tertiary alicyclic amines) is 1. The Morgan fingerprint density at radius 1 is 1.14 bits per heavy atom. The lowest BCUT2D eigenvalue weighted by Crippen LogP contribution is -2.38. The molecule has 1 aliphatic heterocycles. The third-order valence-electron chi connectivity index (χ3n) is 3.94. The summed E-state index contributed by atoms with van der Waals surface area (Å²) in [6.07, 6.45) is 3.98. The van der Waals surface area contributed by atoms with Crippen molar-refractivity contribution in [2.75, 3.05) is 44.9 Å². The minimum absolute atomic E-state index is 0.337. The van der Waals surface area contributed by atoms with Gasteiger partial charge in [-0.2, -0.15) is 0 Å². The molecule has 21 heavy (non-hydrogen) atoms. The molecule has 1 saturated heterocycles. The van der Waals surface area contributed by atoms with E-state index in [2.05, 4.69) is 17.1 Å². The van der Waals surface area contributed by atoms with Crippen molar-refractivity contribution in [1.29, 1.82) is 0 Å². The zero-order valence-electron chi connectivity index (χ0n) is 13.3. The van der Waals surface area contributed by atoms with Crippen LogP contribution in [0.15, 0.2) is 12.1 Å². The third kappa shape index (κ3) is 4.17. The summed E-state index contributed by atoms with van der Waals surface area (Å²) in [6, 6.07) is 4.04. The van der Waals surface area contributed by atoms with Gasteiger partial charge in [0.25, 0.3) is 0 Å². The largest absolute Gasteiger partial charge is 0.493 e. The van der Waals surface area contributed by atoms with E-state index < -0.39 is 0 Å². The van der Waals surface area contributed by atoms with E-state index in [1.54, 1.807) is 20.3 Å². The highest BCUT2D eigenvalue weighted by Gasteiger charge is 2.15. The maximum Gasteiger partial charge on any atom is 0.162 e. The first-order valence-corrected chi connectivity index (χ1v) is 7.64. The number of nitrogens with two attached hydrogens (primary N) is 1. The van der Waals surface area contributed by atoms with Gasteiger partial charge in [-0.15, -0.1) is 0 Å². The number of hydrogen-bond acceptors (Lipinski definition) is 5.